The average Bonchev–Trinajstić information content (AvgIpc) is 3.04. The number of hydrogen-bond donors (Lipinski definition) is 1. The molecule has 1 N–H and O–H groups in total. The third-order valence-corrected chi connectivity index (χ3v) is 6.59. The molecule has 150 valence electrons. The van der Waals surface area contributed by atoms with Gasteiger partial charge in [0, 0.05) is 50.7 Å². The monoisotopic (exact) mass is 365 g/mol. The maximum Gasteiger partial charge on any atom is 0.222 e. The zero-order valence-electron chi connectivity index (χ0n) is 17.1. The van der Waals surface area contributed by atoms with Crippen LogP contribution in [0, 0.1) is 11.8 Å². The molecule has 2 aliphatic heterocycles. The topological polar surface area (TPSA) is 44.8 Å². The summed E-state index contributed by atoms with van der Waals surface area (Å²) in [6.45, 7) is 13.7. The van der Waals surface area contributed by atoms with E-state index in [-0.39, 0.29) is 17.5 Å². The first-order chi connectivity index (χ1) is 12.5. The molecule has 3 aliphatic rings. The molecule has 1 saturated carbocycles. The number of hydrogen-bond acceptors (Lipinski definition) is 4. The maximum atomic E-state index is 12.8. The van der Waals surface area contributed by atoms with Crippen molar-refractivity contribution in [1.82, 2.24) is 15.1 Å². The van der Waals surface area contributed by atoms with E-state index < -0.39 is 0 Å². The molecule has 0 aromatic carbocycles. The van der Waals surface area contributed by atoms with Crippen LogP contribution in [-0.2, 0) is 9.53 Å². The van der Waals surface area contributed by atoms with Gasteiger partial charge in [0.05, 0.1) is 13.2 Å². The standard InChI is InChI=1S/C21H39N3O2/c1-17-12-18(2)15-23(14-17)16-19(3)22-20(25)13-21(6-4-5-7-21)24-8-10-26-11-9-24/h17-19H,4-16H2,1-3H3,(H,22,25)/t17-,18+,19-/m1/s1. The minimum atomic E-state index is 0.0851. The van der Waals surface area contributed by atoms with Crippen molar-refractivity contribution < 1.29 is 9.53 Å². The summed E-state index contributed by atoms with van der Waals surface area (Å²) < 4.78 is 5.53. The van der Waals surface area contributed by atoms with E-state index in [0.29, 0.717) is 6.42 Å². The van der Waals surface area contributed by atoms with Gasteiger partial charge in [0.15, 0.2) is 0 Å². The lowest BCUT2D eigenvalue weighted by atomic mass is 9.89. The number of carbonyl (C=O) groups is 1. The highest BCUT2D eigenvalue weighted by Crippen LogP contribution is 2.38. The fraction of sp³-hybridized carbons (Fsp3) is 0.952. The molecular formula is C21H39N3O2. The van der Waals surface area contributed by atoms with Gasteiger partial charge >= 0.3 is 0 Å². The molecule has 0 aromatic heterocycles. The summed E-state index contributed by atoms with van der Waals surface area (Å²) in [7, 11) is 0. The van der Waals surface area contributed by atoms with Gasteiger partial charge in [-0.2, -0.15) is 0 Å². The van der Waals surface area contributed by atoms with Crippen molar-refractivity contribution >= 4 is 5.91 Å². The van der Waals surface area contributed by atoms with E-state index in [2.05, 4.69) is 35.9 Å². The number of carbonyl (C=O) groups excluding carboxylic acids is 1. The molecule has 2 heterocycles. The smallest absolute Gasteiger partial charge is 0.222 e. The molecule has 2 saturated heterocycles. The Balaban J connectivity index is 1.50. The zero-order chi connectivity index (χ0) is 18.6. The van der Waals surface area contributed by atoms with E-state index in [4.69, 9.17) is 4.74 Å². The maximum absolute atomic E-state index is 12.8. The van der Waals surface area contributed by atoms with Crippen molar-refractivity contribution in [2.75, 3.05) is 45.9 Å². The van der Waals surface area contributed by atoms with E-state index in [0.717, 1.165) is 57.5 Å². The summed E-state index contributed by atoms with van der Waals surface area (Å²) in [5.41, 5.74) is 0.0851. The molecule has 3 rings (SSSR count). The van der Waals surface area contributed by atoms with Crippen LogP contribution >= 0.6 is 0 Å². The fourth-order valence-corrected chi connectivity index (χ4v) is 5.67. The molecule has 0 unspecified atom stereocenters. The fourth-order valence-electron chi connectivity index (χ4n) is 5.67. The number of amides is 1. The van der Waals surface area contributed by atoms with Crippen LogP contribution in [-0.4, -0.2) is 73.2 Å². The van der Waals surface area contributed by atoms with Crippen LogP contribution in [0.5, 0.6) is 0 Å². The number of ether oxygens (including phenoxy) is 1. The molecule has 26 heavy (non-hydrogen) atoms. The number of morpholine rings is 1. The summed E-state index contributed by atoms with van der Waals surface area (Å²) in [5, 5.41) is 3.31. The molecule has 1 aliphatic carbocycles. The number of likely N-dealkylation sites (tertiary alicyclic amines) is 1. The minimum Gasteiger partial charge on any atom is -0.379 e. The van der Waals surface area contributed by atoms with Crippen molar-refractivity contribution in [2.45, 2.75) is 70.9 Å². The van der Waals surface area contributed by atoms with Gasteiger partial charge in [-0.1, -0.05) is 26.7 Å². The van der Waals surface area contributed by atoms with Gasteiger partial charge in [0.2, 0.25) is 5.91 Å². The molecule has 5 nitrogen and oxygen atoms in total. The summed E-state index contributed by atoms with van der Waals surface area (Å²) >= 11 is 0. The van der Waals surface area contributed by atoms with Crippen LogP contribution in [0.15, 0.2) is 0 Å². The van der Waals surface area contributed by atoms with Crippen LogP contribution in [0.4, 0.5) is 0 Å². The second-order valence-corrected chi connectivity index (χ2v) is 9.34. The molecule has 0 aromatic rings. The van der Waals surface area contributed by atoms with E-state index in [9.17, 15) is 4.79 Å². The lowest BCUT2D eigenvalue weighted by Gasteiger charge is -2.43. The lowest BCUT2D eigenvalue weighted by molar-refractivity contribution is -0.126. The Morgan fingerprint density at radius 2 is 1.77 bits per heavy atom. The molecule has 0 bridgehead atoms. The molecule has 0 spiro atoms. The van der Waals surface area contributed by atoms with Crippen LogP contribution in [0.1, 0.15) is 59.3 Å². The third-order valence-electron chi connectivity index (χ3n) is 6.59. The Bertz CT molecular complexity index is 448. The van der Waals surface area contributed by atoms with Gasteiger partial charge in [0.25, 0.3) is 0 Å². The van der Waals surface area contributed by atoms with Crippen molar-refractivity contribution in [3.05, 3.63) is 0 Å². The highest BCUT2D eigenvalue weighted by Gasteiger charge is 2.41. The summed E-state index contributed by atoms with van der Waals surface area (Å²) in [6, 6.07) is 0.225. The van der Waals surface area contributed by atoms with Crippen molar-refractivity contribution in [3.63, 3.8) is 0 Å². The highest BCUT2D eigenvalue weighted by molar-refractivity contribution is 5.77. The van der Waals surface area contributed by atoms with Gasteiger partial charge in [-0.15, -0.1) is 0 Å². The lowest BCUT2D eigenvalue weighted by Crippen LogP contribution is -2.55. The second kappa shape index (κ2) is 9.03. The first kappa shape index (κ1) is 20.1. The minimum absolute atomic E-state index is 0.0851. The molecule has 3 atom stereocenters. The number of rotatable bonds is 6. The van der Waals surface area contributed by atoms with Crippen LogP contribution in [0.2, 0.25) is 0 Å². The highest BCUT2D eigenvalue weighted by atomic mass is 16.5. The van der Waals surface area contributed by atoms with Crippen molar-refractivity contribution in [1.29, 1.82) is 0 Å². The van der Waals surface area contributed by atoms with Gasteiger partial charge in [-0.25, -0.2) is 0 Å². The predicted molar refractivity (Wildman–Crippen MR) is 105 cm³/mol. The molecule has 1 amide bonds. The number of nitrogens with one attached hydrogen (secondary N) is 1. The Morgan fingerprint density at radius 1 is 1.15 bits per heavy atom. The average molecular weight is 366 g/mol. The quantitative estimate of drug-likeness (QED) is 0.785. The van der Waals surface area contributed by atoms with E-state index in [1.54, 1.807) is 0 Å². The third kappa shape index (κ3) is 5.20. The number of nitrogens with zero attached hydrogens (tertiary/aromatic N) is 2. The van der Waals surface area contributed by atoms with E-state index in [1.165, 1.54) is 32.4 Å². The second-order valence-electron chi connectivity index (χ2n) is 9.34. The first-order valence-corrected chi connectivity index (χ1v) is 10.8. The van der Waals surface area contributed by atoms with Crippen LogP contribution in [0.3, 0.4) is 0 Å². The molecule has 5 heteroatoms. The van der Waals surface area contributed by atoms with Gasteiger partial charge in [-0.05, 0) is 38.0 Å². The number of piperidine rings is 1. The summed E-state index contributed by atoms with van der Waals surface area (Å²) in [5.74, 6) is 1.78. The summed E-state index contributed by atoms with van der Waals surface area (Å²) in [4.78, 5) is 17.9. The first-order valence-electron chi connectivity index (χ1n) is 10.8. The van der Waals surface area contributed by atoms with Crippen LogP contribution in [0.25, 0.3) is 0 Å². The van der Waals surface area contributed by atoms with E-state index >= 15 is 0 Å². The largest absolute Gasteiger partial charge is 0.379 e. The predicted octanol–water partition coefficient (Wildman–Crippen LogP) is 2.50. The van der Waals surface area contributed by atoms with Gasteiger partial charge in [-0.3, -0.25) is 9.69 Å². The summed E-state index contributed by atoms with van der Waals surface area (Å²) in [6.07, 6.45) is 6.82. The molecule has 0 radical (unpaired) electrons. The Morgan fingerprint density at radius 3 is 2.38 bits per heavy atom. The molecular weight excluding hydrogens is 326 g/mol. The van der Waals surface area contributed by atoms with Crippen molar-refractivity contribution in [2.24, 2.45) is 11.8 Å². The van der Waals surface area contributed by atoms with Crippen LogP contribution < -0.4 is 5.32 Å². The van der Waals surface area contributed by atoms with Crippen molar-refractivity contribution in [3.8, 4) is 0 Å². The molecule has 3 fully saturated rings. The Kier molecular flexibility index (Phi) is 6.98. The Labute approximate surface area is 159 Å². The zero-order valence-corrected chi connectivity index (χ0v) is 17.1. The van der Waals surface area contributed by atoms with Gasteiger partial charge < -0.3 is 15.0 Å². The SMILES string of the molecule is C[C@@H]1C[C@H](C)CN(C[C@@H](C)NC(=O)CC2(N3CCOCC3)CCCC2)C1. The normalized spacial score (nSPS) is 31.7. The van der Waals surface area contributed by atoms with E-state index in [1.807, 2.05) is 0 Å². The Hall–Kier alpha value is -0.650. The van der Waals surface area contributed by atoms with Gasteiger partial charge in [0.1, 0.15) is 0 Å².